The second kappa shape index (κ2) is 11.5. The van der Waals surface area contributed by atoms with Crippen molar-refractivity contribution in [3.05, 3.63) is 12.2 Å². The van der Waals surface area contributed by atoms with Crippen LogP contribution in [0.3, 0.4) is 0 Å². The third kappa shape index (κ3) is 8.72. The summed E-state index contributed by atoms with van der Waals surface area (Å²) in [5.41, 5.74) is -0.326. The van der Waals surface area contributed by atoms with Crippen molar-refractivity contribution in [3.63, 3.8) is 0 Å². The van der Waals surface area contributed by atoms with Gasteiger partial charge in [0.2, 0.25) is 0 Å². The number of hydrogen-bond acceptors (Lipinski definition) is 3. The largest absolute Gasteiger partial charge is 0.446 e. The predicted molar refractivity (Wildman–Crippen MR) is 99.2 cm³/mol. The monoisotopic (exact) mass is 339 g/mol. The van der Waals surface area contributed by atoms with E-state index in [0.717, 1.165) is 45.1 Å². The number of nitrogens with one attached hydrogen (secondary N) is 1. The first-order valence-corrected chi connectivity index (χ1v) is 9.72. The van der Waals surface area contributed by atoms with Crippen molar-refractivity contribution in [2.24, 2.45) is 5.92 Å². The Bertz CT molecular complexity index is 383. The van der Waals surface area contributed by atoms with Crippen molar-refractivity contribution in [1.82, 2.24) is 5.32 Å². The molecular formula is C20H37NO3. The molecule has 1 amide bonds. The number of carbonyl (C=O) groups is 1. The molecule has 4 heteroatoms. The fourth-order valence-electron chi connectivity index (χ4n) is 2.67. The summed E-state index contributed by atoms with van der Waals surface area (Å²) in [6, 6.07) is 0. The fraction of sp³-hybridized carbons (Fsp3) is 0.850. The van der Waals surface area contributed by atoms with E-state index in [0.29, 0.717) is 12.5 Å². The molecule has 0 bridgehead atoms. The molecule has 0 fully saturated rings. The first kappa shape index (κ1) is 21.0. The predicted octanol–water partition coefficient (Wildman–Crippen LogP) is 5.22. The smallest absolute Gasteiger partial charge is 0.407 e. The Morgan fingerprint density at radius 1 is 1.33 bits per heavy atom. The maximum Gasteiger partial charge on any atom is 0.407 e. The van der Waals surface area contributed by atoms with Gasteiger partial charge in [-0.1, -0.05) is 39.3 Å². The van der Waals surface area contributed by atoms with Crippen LogP contribution in [0.25, 0.3) is 0 Å². The van der Waals surface area contributed by atoms with E-state index in [-0.39, 0.29) is 17.8 Å². The lowest BCUT2D eigenvalue weighted by Crippen LogP contribution is -2.43. The van der Waals surface area contributed by atoms with E-state index in [4.69, 9.17) is 9.47 Å². The minimum Gasteiger partial charge on any atom is -0.446 e. The van der Waals surface area contributed by atoms with Gasteiger partial charge in [-0.05, 0) is 51.4 Å². The minimum absolute atomic E-state index is 0.000699. The summed E-state index contributed by atoms with van der Waals surface area (Å²) in [6.45, 7) is 9.82. The number of ether oxygens (including phenoxy) is 2. The van der Waals surface area contributed by atoms with Crippen molar-refractivity contribution in [2.75, 3.05) is 13.2 Å². The third-order valence-electron chi connectivity index (χ3n) is 5.10. The quantitative estimate of drug-likeness (QED) is 0.586. The summed E-state index contributed by atoms with van der Waals surface area (Å²) >= 11 is 0. The molecule has 3 atom stereocenters. The summed E-state index contributed by atoms with van der Waals surface area (Å²) in [4.78, 5) is 12.1. The molecule has 0 aromatic carbocycles. The number of allylic oxidation sites excluding steroid dienone is 1. The van der Waals surface area contributed by atoms with Crippen molar-refractivity contribution in [2.45, 2.75) is 90.8 Å². The molecule has 0 aliphatic heterocycles. The molecule has 3 unspecified atom stereocenters. The molecule has 1 rings (SSSR count). The number of carbonyl (C=O) groups excluding carboxylic acids is 1. The fourth-order valence-corrected chi connectivity index (χ4v) is 2.67. The van der Waals surface area contributed by atoms with Crippen LogP contribution in [0.5, 0.6) is 0 Å². The topological polar surface area (TPSA) is 47.6 Å². The van der Waals surface area contributed by atoms with Gasteiger partial charge in [-0.25, -0.2) is 4.79 Å². The van der Waals surface area contributed by atoms with E-state index in [1.165, 1.54) is 12.8 Å². The van der Waals surface area contributed by atoms with E-state index in [1.807, 2.05) is 0 Å². The van der Waals surface area contributed by atoms with Gasteiger partial charge in [0.25, 0.3) is 0 Å². The molecule has 0 heterocycles. The van der Waals surface area contributed by atoms with Crippen LogP contribution >= 0.6 is 0 Å². The van der Waals surface area contributed by atoms with E-state index in [9.17, 15) is 4.79 Å². The van der Waals surface area contributed by atoms with Gasteiger partial charge >= 0.3 is 6.09 Å². The van der Waals surface area contributed by atoms with Crippen LogP contribution < -0.4 is 5.32 Å². The minimum atomic E-state index is -0.326. The second-order valence-electron chi connectivity index (χ2n) is 7.33. The number of rotatable bonds is 9. The summed E-state index contributed by atoms with van der Waals surface area (Å²) in [5.74, 6) is 0.677. The van der Waals surface area contributed by atoms with Gasteiger partial charge in [-0.3, -0.25) is 0 Å². The lowest BCUT2D eigenvalue weighted by atomic mass is 10.0. The Kier molecular flexibility index (Phi) is 10.1. The van der Waals surface area contributed by atoms with E-state index < -0.39 is 0 Å². The lowest BCUT2D eigenvalue weighted by molar-refractivity contribution is -0.0383. The van der Waals surface area contributed by atoms with Crippen LogP contribution in [0.1, 0.15) is 79.1 Å². The van der Waals surface area contributed by atoms with Gasteiger partial charge in [-0.2, -0.15) is 0 Å². The highest BCUT2D eigenvalue weighted by molar-refractivity contribution is 5.67. The Morgan fingerprint density at radius 3 is 2.83 bits per heavy atom. The second-order valence-corrected chi connectivity index (χ2v) is 7.33. The van der Waals surface area contributed by atoms with Crippen molar-refractivity contribution in [3.8, 4) is 0 Å². The molecule has 4 nitrogen and oxygen atoms in total. The van der Waals surface area contributed by atoms with E-state index in [1.54, 1.807) is 0 Å². The molecule has 140 valence electrons. The van der Waals surface area contributed by atoms with Gasteiger partial charge in [0.05, 0.1) is 5.60 Å². The van der Waals surface area contributed by atoms with Crippen LogP contribution in [-0.2, 0) is 9.47 Å². The molecule has 1 N–H and O–H groups in total. The normalized spacial score (nSPS) is 23.4. The third-order valence-corrected chi connectivity index (χ3v) is 5.10. The van der Waals surface area contributed by atoms with Gasteiger partial charge in [0.1, 0.15) is 6.10 Å². The average Bonchev–Trinajstić information content (AvgIpc) is 2.55. The summed E-state index contributed by atoms with van der Waals surface area (Å²) in [7, 11) is 0. The molecular weight excluding hydrogens is 302 g/mol. The Labute approximate surface area is 148 Å². The van der Waals surface area contributed by atoms with Crippen molar-refractivity contribution in [1.29, 1.82) is 0 Å². The standard InChI is InChI=1S/C20H37NO3/c1-5-17(3)14-15-23-20(4,6-2)16-21-19(22)24-18-12-10-8-7-9-11-13-18/h8,10,17-18H,5-7,9,11-16H2,1-4H3,(H,21,22)/b10-8+. The van der Waals surface area contributed by atoms with E-state index >= 15 is 0 Å². The highest BCUT2D eigenvalue weighted by Gasteiger charge is 2.25. The van der Waals surface area contributed by atoms with Gasteiger partial charge in [-0.15, -0.1) is 0 Å². The maximum atomic E-state index is 12.1. The van der Waals surface area contributed by atoms with Crippen LogP contribution in [0, 0.1) is 5.92 Å². The first-order chi connectivity index (χ1) is 11.5. The number of alkyl carbamates (subject to hydrolysis) is 1. The highest BCUT2D eigenvalue weighted by Crippen LogP contribution is 2.18. The molecule has 24 heavy (non-hydrogen) atoms. The molecule has 0 saturated heterocycles. The van der Waals surface area contributed by atoms with Crippen molar-refractivity contribution >= 4 is 6.09 Å². The van der Waals surface area contributed by atoms with Crippen molar-refractivity contribution < 1.29 is 14.3 Å². The summed E-state index contributed by atoms with van der Waals surface area (Å²) in [6.07, 6.45) is 12.3. The molecule has 1 aliphatic rings. The molecule has 0 radical (unpaired) electrons. The van der Waals surface area contributed by atoms with Gasteiger partial charge in [0, 0.05) is 19.6 Å². The number of hydrogen-bond donors (Lipinski definition) is 1. The summed E-state index contributed by atoms with van der Waals surface area (Å²) in [5, 5.41) is 2.90. The van der Waals surface area contributed by atoms with E-state index in [2.05, 4.69) is 45.2 Å². The van der Waals surface area contributed by atoms with Crippen LogP contribution in [0.15, 0.2) is 12.2 Å². The first-order valence-electron chi connectivity index (χ1n) is 9.72. The lowest BCUT2D eigenvalue weighted by Gasteiger charge is -2.30. The number of amides is 1. The molecule has 0 aromatic rings. The van der Waals surface area contributed by atoms with Gasteiger partial charge in [0.15, 0.2) is 0 Å². The average molecular weight is 340 g/mol. The summed E-state index contributed by atoms with van der Waals surface area (Å²) < 4.78 is 11.6. The molecule has 0 aromatic heterocycles. The highest BCUT2D eigenvalue weighted by atomic mass is 16.6. The molecule has 1 aliphatic carbocycles. The van der Waals surface area contributed by atoms with Crippen LogP contribution in [0.4, 0.5) is 4.79 Å². The molecule has 0 saturated carbocycles. The zero-order valence-electron chi connectivity index (χ0n) is 16.1. The Morgan fingerprint density at radius 2 is 2.12 bits per heavy atom. The maximum absolute atomic E-state index is 12.1. The Hall–Kier alpha value is -1.03. The Balaban J connectivity index is 2.33. The van der Waals surface area contributed by atoms with Gasteiger partial charge < -0.3 is 14.8 Å². The molecule has 0 spiro atoms. The van der Waals surface area contributed by atoms with Crippen LogP contribution in [0.2, 0.25) is 0 Å². The zero-order chi connectivity index (χ0) is 17.8. The SMILES string of the molecule is CCC(C)CCOC(C)(CC)CNC(=O)OC1C/C=C/CCCC1. The zero-order valence-corrected chi connectivity index (χ0v) is 16.1. The van der Waals surface area contributed by atoms with Crippen LogP contribution in [-0.4, -0.2) is 30.9 Å².